The largest absolute Gasteiger partial charge is 0.493 e. The number of amides is 1. The van der Waals surface area contributed by atoms with E-state index in [0.29, 0.717) is 33.6 Å². The molecule has 3 aromatic rings. The lowest BCUT2D eigenvalue weighted by atomic mass is 9.99. The van der Waals surface area contributed by atoms with Crippen LogP contribution in [0.2, 0.25) is 0 Å². The number of methoxy groups -OCH3 is 1. The predicted octanol–water partition coefficient (Wildman–Crippen LogP) is 5.02. The third-order valence-corrected chi connectivity index (χ3v) is 5.80. The second-order valence-electron chi connectivity index (χ2n) is 7.24. The number of benzene rings is 2. The molecule has 3 rings (SSSR count). The van der Waals surface area contributed by atoms with Gasteiger partial charge in [0.05, 0.1) is 13.3 Å². The number of hydrazone groups is 1. The molecule has 0 bridgehead atoms. The molecule has 0 aliphatic carbocycles. The fourth-order valence-electron chi connectivity index (χ4n) is 2.88. The smallest absolute Gasteiger partial charge is 0.353 e. The molecule has 1 atom stereocenters. The van der Waals surface area contributed by atoms with Crippen LogP contribution in [0.5, 0.6) is 17.2 Å². The summed E-state index contributed by atoms with van der Waals surface area (Å²) in [5.41, 5.74) is 4.32. The van der Waals surface area contributed by atoms with E-state index in [-0.39, 0.29) is 12.5 Å². The Bertz CT molecular complexity index is 1090. The molecule has 0 aliphatic rings. The molecule has 33 heavy (non-hydrogen) atoms. The SMILES string of the molecule is CC[C@H](C)c1ccc(OCC(=O)N/N=C\c2ccc(OC(=O)c3cccs3)c(OC)c2)cc1. The molecule has 0 aliphatic heterocycles. The van der Waals surface area contributed by atoms with Gasteiger partial charge in [-0.05, 0) is 65.2 Å². The van der Waals surface area contributed by atoms with Crippen molar-refractivity contribution in [3.63, 3.8) is 0 Å². The van der Waals surface area contributed by atoms with Gasteiger partial charge in [0, 0.05) is 0 Å². The summed E-state index contributed by atoms with van der Waals surface area (Å²) in [6.45, 7) is 4.16. The molecule has 0 fully saturated rings. The van der Waals surface area contributed by atoms with E-state index in [1.54, 1.807) is 35.7 Å². The Morgan fingerprint density at radius 1 is 1.12 bits per heavy atom. The fourth-order valence-corrected chi connectivity index (χ4v) is 3.48. The third-order valence-electron chi connectivity index (χ3n) is 4.95. The van der Waals surface area contributed by atoms with Crippen molar-refractivity contribution in [1.82, 2.24) is 5.43 Å². The van der Waals surface area contributed by atoms with Gasteiger partial charge in [0.25, 0.3) is 5.91 Å². The van der Waals surface area contributed by atoms with E-state index in [1.807, 2.05) is 24.3 Å². The number of hydrogen-bond donors (Lipinski definition) is 1. The Morgan fingerprint density at radius 3 is 2.58 bits per heavy atom. The normalized spacial score (nSPS) is 11.7. The van der Waals surface area contributed by atoms with E-state index >= 15 is 0 Å². The van der Waals surface area contributed by atoms with Crippen LogP contribution >= 0.6 is 11.3 Å². The Labute approximate surface area is 197 Å². The van der Waals surface area contributed by atoms with Gasteiger partial charge in [-0.2, -0.15) is 5.10 Å². The highest BCUT2D eigenvalue weighted by Crippen LogP contribution is 2.29. The lowest BCUT2D eigenvalue weighted by molar-refractivity contribution is -0.123. The summed E-state index contributed by atoms with van der Waals surface area (Å²) in [6, 6.07) is 16.2. The summed E-state index contributed by atoms with van der Waals surface area (Å²) in [6.07, 6.45) is 2.53. The second kappa shape index (κ2) is 11.8. The van der Waals surface area contributed by atoms with Gasteiger partial charge < -0.3 is 14.2 Å². The predicted molar refractivity (Wildman–Crippen MR) is 129 cm³/mol. The highest BCUT2D eigenvalue weighted by atomic mass is 32.1. The maximum absolute atomic E-state index is 12.1. The van der Waals surface area contributed by atoms with Crippen molar-refractivity contribution in [2.24, 2.45) is 5.10 Å². The summed E-state index contributed by atoms with van der Waals surface area (Å²) in [7, 11) is 1.48. The maximum Gasteiger partial charge on any atom is 0.353 e. The number of ether oxygens (including phenoxy) is 3. The molecule has 0 spiro atoms. The molecule has 172 valence electrons. The first-order valence-corrected chi connectivity index (χ1v) is 11.4. The molecule has 7 nitrogen and oxygen atoms in total. The van der Waals surface area contributed by atoms with E-state index in [0.717, 1.165) is 6.42 Å². The number of nitrogens with one attached hydrogen (secondary N) is 1. The van der Waals surface area contributed by atoms with Gasteiger partial charge in [-0.15, -0.1) is 11.3 Å². The average molecular weight is 467 g/mol. The monoisotopic (exact) mass is 466 g/mol. The standard InChI is InChI=1S/C25H26N2O5S/c1-4-17(2)19-8-10-20(11-9-19)31-16-24(28)27-26-15-18-7-12-21(22(14-18)30-3)32-25(29)23-6-5-13-33-23/h5-15,17H,4,16H2,1-3H3,(H,27,28)/b26-15-/t17-/m0/s1. The minimum atomic E-state index is -0.452. The van der Waals surface area contributed by atoms with Crippen LogP contribution in [0, 0.1) is 0 Å². The van der Waals surface area contributed by atoms with E-state index in [1.165, 1.54) is 30.2 Å². The lowest BCUT2D eigenvalue weighted by Gasteiger charge is -2.10. The first-order valence-electron chi connectivity index (χ1n) is 10.5. The zero-order valence-electron chi connectivity index (χ0n) is 18.7. The molecule has 1 heterocycles. The average Bonchev–Trinajstić information content (AvgIpc) is 3.38. The number of esters is 1. The number of nitrogens with zero attached hydrogens (tertiary/aromatic N) is 1. The fraction of sp³-hybridized carbons (Fsp3) is 0.240. The van der Waals surface area contributed by atoms with Crippen LogP contribution in [0.15, 0.2) is 65.1 Å². The van der Waals surface area contributed by atoms with Crippen molar-refractivity contribution in [3.05, 3.63) is 76.0 Å². The number of carbonyl (C=O) groups is 2. The summed E-state index contributed by atoms with van der Waals surface area (Å²) in [5.74, 6) is 0.942. The van der Waals surface area contributed by atoms with Crippen molar-refractivity contribution in [2.75, 3.05) is 13.7 Å². The zero-order chi connectivity index (χ0) is 23.6. The molecule has 0 saturated carbocycles. The van der Waals surface area contributed by atoms with Gasteiger partial charge in [-0.3, -0.25) is 4.79 Å². The molecule has 8 heteroatoms. The summed E-state index contributed by atoms with van der Waals surface area (Å²) in [4.78, 5) is 24.7. The topological polar surface area (TPSA) is 86.2 Å². The lowest BCUT2D eigenvalue weighted by Crippen LogP contribution is -2.24. The number of thiophene rings is 1. The first-order chi connectivity index (χ1) is 16.0. The first kappa shape index (κ1) is 24.0. The number of carbonyl (C=O) groups excluding carboxylic acids is 2. The van der Waals surface area contributed by atoms with Gasteiger partial charge in [-0.25, -0.2) is 10.2 Å². The molecule has 2 aromatic carbocycles. The van der Waals surface area contributed by atoms with Crippen LogP contribution in [0.25, 0.3) is 0 Å². The second-order valence-corrected chi connectivity index (χ2v) is 8.18. The molecule has 1 N–H and O–H groups in total. The Hall–Kier alpha value is -3.65. The summed E-state index contributed by atoms with van der Waals surface area (Å²) < 4.78 is 16.2. The highest BCUT2D eigenvalue weighted by molar-refractivity contribution is 7.12. The van der Waals surface area contributed by atoms with E-state index < -0.39 is 5.97 Å². The van der Waals surface area contributed by atoms with Gasteiger partial charge >= 0.3 is 5.97 Å². The molecule has 0 saturated heterocycles. The van der Waals surface area contributed by atoms with Crippen molar-refractivity contribution >= 4 is 29.4 Å². The van der Waals surface area contributed by atoms with Crippen molar-refractivity contribution in [1.29, 1.82) is 0 Å². The van der Waals surface area contributed by atoms with E-state index in [9.17, 15) is 9.59 Å². The van der Waals surface area contributed by atoms with Crippen molar-refractivity contribution < 1.29 is 23.8 Å². The van der Waals surface area contributed by atoms with Gasteiger partial charge in [0.1, 0.15) is 10.6 Å². The zero-order valence-corrected chi connectivity index (χ0v) is 19.6. The quantitative estimate of drug-likeness (QED) is 0.196. The van der Waals surface area contributed by atoms with Crippen LogP contribution < -0.4 is 19.6 Å². The molecule has 1 aromatic heterocycles. The highest BCUT2D eigenvalue weighted by Gasteiger charge is 2.13. The Kier molecular flexibility index (Phi) is 8.60. The molecular formula is C25H26N2O5S. The van der Waals surface area contributed by atoms with E-state index in [4.69, 9.17) is 14.2 Å². The summed E-state index contributed by atoms with van der Waals surface area (Å²) >= 11 is 1.30. The van der Waals surface area contributed by atoms with Crippen LogP contribution in [0.4, 0.5) is 0 Å². The van der Waals surface area contributed by atoms with Gasteiger partial charge in [0.2, 0.25) is 0 Å². The molecule has 1 amide bonds. The number of hydrogen-bond acceptors (Lipinski definition) is 7. The maximum atomic E-state index is 12.1. The minimum absolute atomic E-state index is 0.152. The van der Waals surface area contributed by atoms with Crippen LogP contribution in [0.1, 0.15) is 47.0 Å². The van der Waals surface area contributed by atoms with Crippen LogP contribution in [-0.4, -0.2) is 31.8 Å². The summed E-state index contributed by atoms with van der Waals surface area (Å²) in [5, 5.41) is 5.74. The minimum Gasteiger partial charge on any atom is -0.493 e. The molecular weight excluding hydrogens is 440 g/mol. The van der Waals surface area contributed by atoms with E-state index in [2.05, 4.69) is 24.4 Å². The van der Waals surface area contributed by atoms with Crippen LogP contribution in [0.3, 0.4) is 0 Å². The molecule has 0 unspecified atom stereocenters. The van der Waals surface area contributed by atoms with Crippen LogP contribution in [-0.2, 0) is 4.79 Å². The van der Waals surface area contributed by atoms with Gasteiger partial charge in [0.15, 0.2) is 18.1 Å². The third kappa shape index (κ3) is 6.92. The number of rotatable bonds is 10. The van der Waals surface area contributed by atoms with Crippen molar-refractivity contribution in [2.45, 2.75) is 26.2 Å². The Morgan fingerprint density at radius 2 is 1.91 bits per heavy atom. The van der Waals surface area contributed by atoms with Gasteiger partial charge in [-0.1, -0.05) is 32.0 Å². The Balaban J connectivity index is 1.50. The molecule has 0 radical (unpaired) electrons. The van der Waals surface area contributed by atoms with Crippen molar-refractivity contribution in [3.8, 4) is 17.2 Å².